The number of carbonyl (C=O) groups excluding carboxylic acids is 1. The van der Waals surface area contributed by atoms with Crippen LogP contribution in [-0.4, -0.2) is 77.9 Å². The Kier molecular flexibility index (Phi) is 5.35. The molecular weight excluding hydrogens is 384 g/mol. The molecule has 4 heterocycles. The molecule has 3 aliphatic rings. The number of piperidine rings is 1. The van der Waals surface area contributed by atoms with Gasteiger partial charge in [0.1, 0.15) is 5.76 Å². The fraction of sp³-hybridized carbons (Fsp3) is 0.545. The monoisotopic (exact) mass is 412 g/mol. The van der Waals surface area contributed by atoms with Gasteiger partial charge in [0.05, 0.1) is 0 Å². The Morgan fingerprint density at radius 2 is 1.93 bits per heavy atom. The van der Waals surface area contributed by atoms with Crippen molar-refractivity contribution in [2.24, 2.45) is 0 Å². The topological polar surface area (TPSA) is 71.3 Å². The predicted molar refractivity (Wildman–Crippen MR) is 110 cm³/mol. The number of amides is 1. The quantitative estimate of drug-likeness (QED) is 0.762. The Balaban J connectivity index is 1.14. The summed E-state index contributed by atoms with van der Waals surface area (Å²) in [5, 5.41) is 3.90. The minimum absolute atomic E-state index is 0.0157. The van der Waals surface area contributed by atoms with Crippen LogP contribution in [0.4, 0.5) is 0 Å². The lowest BCUT2D eigenvalue weighted by molar-refractivity contribution is 0.0401. The Bertz CT molecular complexity index is 906. The van der Waals surface area contributed by atoms with E-state index in [0.29, 0.717) is 24.3 Å². The van der Waals surface area contributed by atoms with Crippen molar-refractivity contribution in [3.8, 4) is 11.5 Å². The molecule has 30 heavy (non-hydrogen) atoms. The average molecular weight is 412 g/mol. The molecule has 1 amide bonds. The molecule has 1 unspecified atom stereocenters. The van der Waals surface area contributed by atoms with Gasteiger partial charge in [-0.05, 0) is 37.5 Å². The highest BCUT2D eigenvalue weighted by atomic mass is 16.7. The van der Waals surface area contributed by atoms with Crippen LogP contribution in [0.5, 0.6) is 11.5 Å². The summed E-state index contributed by atoms with van der Waals surface area (Å²) in [6, 6.07) is 8.35. The predicted octanol–water partition coefficient (Wildman–Crippen LogP) is 2.13. The molecule has 8 heteroatoms. The van der Waals surface area contributed by atoms with Gasteiger partial charge in [0, 0.05) is 57.9 Å². The molecule has 160 valence electrons. The summed E-state index contributed by atoms with van der Waals surface area (Å²) in [6.07, 6.45) is 2.18. The van der Waals surface area contributed by atoms with Crippen LogP contribution in [0.15, 0.2) is 28.8 Å². The molecule has 0 aliphatic carbocycles. The van der Waals surface area contributed by atoms with Gasteiger partial charge in [0.15, 0.2) is 17.2 Å². The maximum absolute atomic E-state index is 12.7. The number of piperazine rings is 1. The molecule has 8 nitrogen and oxygen atoms in total. The van der Waals surface area contributed by atoms with Crippen molar-refractivity contribution in [2.45, 2.75) is 32.4 Å². The number of ether oxygens (including phenoxy) is 2. The fourth-order valence-corrected chi connectivity index (χ4v) is 4.65. The summed E-state index contributed by atoms with van der Waals surface area (Å²) in [7, 11) is 0. The van der Waals surface area contributed by atoms with Gasteiger partial charge in [0.25, 0.3) is 5.91 Å². The molecule has 0 radical (unpaired) electrons. The smallest absolute Gasteiger partial charge is 0.276 e. The highest BCUT2D eigenvalue weighted by Crippen LogP contribution is 2.33. The Hall–Kier alpha value is -2.58. The fourth-order valence-electron chi connectivity index (χ4n) is 4.65. The van der Waals surface area contributed by atoms with E-state index in [1.807, 2.05) is 17.9 Å². The Labute approximate surface area is 176 Å². The lowest BCUT2D eigenvalue weighted by atomic mass is 10.0. The molecule has 2 saturated heterocycles. The van der Waals surface area contributed by atoms with Gasteiger partial charge in [-0.1, -0.05) is 11.2 Å². The van der Waals surface area contributed by atoms with Crippen LogP contribution in [0.3, 0.4) is 0 Å². The maximum Gasteiger partial charge on any atom is 0.276 e. The van der Waals surface area contributed by atoms with Gasteiger partial charge in [0.2, 0.25) is 6.79 Å². The second-order valence-electron chi connectivity index (χ2n) is 8.37. The van der Waals surface area contributed by atoms with Crippen LogP contribution in [0.25, 0.3) is 0 Å². The van der Waals surface area contributed by atoms with E-state index in [-0.39, 0.29) is 5.91 Å². The van der Waals surface area contributed by atoms with E-state index >= 15 is 0 Å². The molecule has 1 aromatic carbocycles. The SMILES string of the molecule is Cc1cc(C(=O)N2CCCC(N3CCN(Cc4ccc5c(c4)OCO5)CC3)C2)no1. The number of hydrogen-bond donors (Lipinski definition) is 0. The first-order chi connectivity index (χ1) is 14.7. The van der Waals surface area contributed by atoms with Crippen LogP contribution in [0, 0.1) is 6.92 Å². The summed E-state index contributed by atoms with van der Waals surface area (Å²) in [6.45, 7) is 8.73. The molecule has 2 fully saturated rings. The molecule has 0 spiro atoms. The van der Waals surface area contributed by atoms with E-state index in [9.17, 15) is 4.79 Å². The molecule has 3 aliphatic heterocycles. The number of fused-ring (bicyclic) bond motifs is 1. The molecule has 5 rings (SSSR count). The van der Waals surface area contributed by atoms with E-state index in [1.165, 1.54) is 5.56 Å². The van der Waals surface area contributed by atoms with Crippen molar-refractivity contribution in [1.82, 2.24) is 19.9 Å². The van der Waals surface area contributed by atoms with Crippen molar-refractivity contribution in [3.63, 3.8) is 0 Å². The standard InChI is InChI=1S/C22H28N4O4/c1-16-11-19(23-30-16)22(27)26-6-2-3-18(14-26)25-9-7-24(8-10-25)13-17-4-5-20-21(12-17)29-15-28-20/h4-5,11-12,18H,2-3,6-10,13-15H2,1H3. The number of aryl methyl sites for hydroxylation is 1. The zero-order chi connectivity index (χ0) is 20.5. The van der Waals surface area contributed by atoms with Gasteiger partial charge >= 0.3 is 0 Å². The first-order valence-corrected chi connectivity index (χ1v) is 10.7. The minimum Gasteiger partial charge on any atom is -0.454 e. The van der Waals surface area contributed by atoms with E-state index in [2.05, 4.69) is 27.1 Å². The summed E-state index contributed by atoms with van der Waals surface area (Å²) in [5.41, 5.74) is 1.67. The largest absolute Gasteiger partial charge is 0.454 e. The first-order valence-electron chi connectivity index (χ1n) is 10.7. The van der Waals surface area contributed by atoms with Crippen molar-refractivity contribution >= 4 is 5.91 Å². The van der Waals surface area contributed by atoms with Gasteiger partial charge in [-0.15, -0.1) is 0 Å². The summed E-state index contributed by atoms with van der Waals surface area (Å²) in [5.74, 6) is 2.34. The molecule has 2 aromatic rings. The molecule has 1 aromatic heterocycles. The number of rotatable bonds is 4. The van der Waals surface area contributed by atoms with Crippen molar-refractivity contribution in [3.05, 3.63) is 41.3 Å². The second kappa shape index (κ2) is 8.28. The van der Waals surface area contributed by atoms with Crippen LogP contribution >= 0.6 is 0 Å². The maximum atomic E-state index is 12.7. The number of likely N-dealkylation sites (tertiary alicyclic amines) is 1. The lowest BCUT2D eigenvalue weighted by Gasteiger charge is -2.43. The Morgan fingerprint density at radius 1 is 1.10 bits per heavy atom. The van der Waals surface area contributed by atoms with E-state index in [1.54, 1.807) is 6.07 Å². The molecule has 0 N–H and O–H groups in total. The third kappa shape index (κ3) is 4.02. The molecule has 0 saturated carbocycles. The third-order valence-corrected chi connectivity index (χ3v) is 6.30. The minimum atomic E-state index is -0.0157. The molecule has 1 atom stereocenters. The Morgan fingerprint density at radius 3 is 2.73 bits per heavy atom. The summed E-state index contributed by atoms with van der Waals surface area (Å²) in [4.78, 5) is 19.7. The number of aromatic nitrogens is 1. The van der Waals surface area contributed by atoms with E-state index < -0.39 is 0 Å². The van der Waals surface area contributed by atoms with Gasteiger partial charge in [-0.3, -0.25) is 14.6 Å². The number of carbonyl (C=O) groups is 1. The van der Waals surface area contributed by atoms with Gasteiger partial charge in [-0.2, -0.15) is 0 Å². The zero-order valence-corrected chi connectivity index (χ0v) is 17.4. The van der Waals surface area contributed by atoms with Crippen molar-refractivity contribution in [2.75, 3.05) is 46.1 Å². The molecular formula is C22H28N4O4. The lowest BCUT2D eigenvalue weighted by Crippen LogP contribution is -2.55. The van der Waals surface area contributed by atoms with Crippen LogP contribution in [0.1, 0.15) is 34.7 Å². The van der Waals surface area contributed by atoms with Gasteiger partial charge in [-0.25, -0.2) is 0 Å². The van der Waals surface area contributed by atoms with Crippen molar-refractivity contribution < 1.29 is 18.8 Å². The van der Waals surface area contributed by atoms with Crippen LogP contribution < -0.4 is 9.47 Å². The third-order valence-electron chi connectivity index (χ3n) is 6.30. The second-order valence-corrected chi connectivity index (χ2v) is 8.37. The van der Waals surface area contributed by atoms with Gasteiger partial charge < -0.3 is 18.9 Å². The normalized spacial score (nSPS) is 22.4. The zero-order valence-electron chi connectivity index (χ0n) is 17.4. The highest BCUT2D eigenvalue weighted by molar-refractivity contribution is 5.92. The summed E-state index contributed by atoms with van der Waals surface area (Å²) >= 11 is 0. The first kappa shape index (κ1) is 19.4. The van der Waals surface area contributed by atoms with Crippen LogP contribution in [0.2, 0.25) is 0 Å². The van der Waals surface area contributed by atoms with E-state index in [4.69, 9.17) is 14.0 Å². The number of nitrogens with zero attached hydrogens (tertiary/aromatic N) is 4. The van der Waals surface area contributed by atoms with Crippen molar-refractivity contribution in [1.29, 1.82) is 0 Å². The number of hydrogen-bond acceptors (Lipinski definition) is 7. The summed E-state index contributed by atoms with van der Waals surface area (Å²) < 4.78 is 16.0. The highest BCUT2D eigenvalue weighted by Gasteiger charge is 2.31. The number of benzene rings is 1. The van der Waals surface area contributed by atoms with E-state index in [0.717, 1.165) is 70.2 Å². The molecule has 0 bridgehead atoms. The van der Waals surface area contributed by atoms with Crippen LogP contribution in [-0.2, 0) is 6.54 Å². The average Bonchev–Trinajstić information content (AvgIpc) is 3.42.